The second-order valence-electron chi connectivity index (χ2n) is 7.54. The fraction of sp³-hybridized carbons (Fsp3) is 0.458. The van der Waals surface area contributed by atoms with E-state index in [-0.39, 0.29) is 5.82 Å². The standard InChI is InChI=1S/C24H33FN4O3/c1-4-26-24(27-10-13-32-21-7-5-6-18(25)14-21)28-19-8-11-29(12-9-19)20-15-22(30-2)17-23(16-20)31-3/h5-7,14-17,19H,4,8-13H2,1-3H3,(H2,26,27,28). The van der Waals surface area contributed by atoms with Crippen molar-refractivity contribution in [2.75, 3.05) is 51.9 Å². The minimum atomic E-state index is -0.306. The van der Waals surface area contributed by atoms with Crippen molar-refractivity contribution in [3.8, 4) is 17.2 Å². The monoisotopic (exact) mass is 444 g/mol. The van der Waals surface area contributed by atoms with Crippen molar-refractivity contribution in [1.82, 2.24) is 10.6 Å². The Morgan fingerprint density at radius 2 is 1.78 bits per heavy atom. The summed E-state index contributed by atoms with van der Waals surface area (Å²) < 4.78 is 29.6. The first kappa shape index (κ1) is 23.5. The van der Waals surface area contributed by atoms with E-state index in [0.717, 1.165) is 55.6 Å². The van der Waals surface area contributed by atoms with Crippen LogP contribution in [0.15, 0.2) is 47.5 Å². The Balaban J connectivity index is 1.49. The molecular formula is C24H33FN4O3. The smallest absolute Gasteiger partial charge is 0.191 e. The van der Waals surface area contributed by atoms with Crippen molar-refractivity contribution in [2.45, 2.75) is 25.8 Å². The number of benzene rings is 2. The molecule has 1 aliphatic heterocycles. The Morgan fingerprint density at radius 1 is 1.06 bits per heavy atom. The molecule has 0 unspecified atom stereocenters. The zero-order valence-corrected chi connectivity index (χ0v) is 19.1. The maximum Gasteiger partial charge on any atom is 0.191 e. The molecule has 0 radical (unpaired) electrons. The van der Waals surface area contributed by atoms with E-state index in [1.54, 1.807) is 26.4 Å². The van der Waals surface area contributed by atoms with Gasteiger partial charge in [0.1, 0.15) is 29.7 Å². The average molecular weight is 445 g/mol. The van der Waals surface area contributed by atoms with Crippen molar-refractivity contribution in [2.24, 2.45) is 4.99 Å². The SMILES string of the molecule is CCNC(=NCCOc1cccc(F)c1)NC1CCN(c2cc(OC)cc(OC)c2)CC1. The highest BCUT2D eigenvalue weighted by Crippen LogP contribution is 2.30. The van der Waals surface area contributed by atoms with Crippen molar-refractivity contribution in [3.63, 3.8) is 0 Å². The molecule has 174 valence electrons. The summed E-state index contributed by atoms with van der Waals surface area (Å²) >= 11 is 0. The van der Waals surface area contributed by atoms with E-state index in [9.17, 15) is 4.39 Å². The molecule has 2 aromatic carbocycles. The molecule has 3 rings (SSSR count). The molecule has 1 saturated heterocycles. The predicted molar refractivity (Wildman–Crippen MR) is 126 cm³/mol. The number of methoxy groups -OCH3 is 2. The van der Waals surface area contributed by atoms with Crippen LogP contribution in [0.5, 0.6) is 17.2 Å². The summed E-state index contributed by atoms with van der Waals surface area (Å²) in [6.07, 6.45) is 1.98. The van der Waals surface area contributed by atoms with Gasteiger partial charge in [-0.25, -0.2) is 9.38 Å². The summed E-state index contributed by atoms with van der Waals surface area (Å²) in [5.41, 5.74) is 1.11. The van der Waals surface area contributed by atoms with Gasteiger partial charge in [-0.15, -0.1) is 0 Å². The summed E-state index contributed by atoms with van der Waals surface area (Å²) in [5, 5.41) is 6.82. The summed E-state index contributed by atoms with van der Waals surface area (Å²) in [6, 6.07) is 12.4. The van der Waals surface area contributed by atoms with Gasteiger partial charge in [-0.1, -0.05) is 6.07 Å². The number of nitrogens with zero attached hydrogens (tertiary/aromatic N) is 2. The van der Waals surface area contributed by atoms with Gasteiger partial charge in [0.2, 0.25) is 0 Å². The van der Waals surface area contributed by atoms with E-state index in [4.69, 9.17) is 14.2 Å². The predicted octanol–water partition coefficient (Wildman–Crippen LogP) is 3.45. The molecule has 8 heteroatoms. The second-order valence-corrected chi connectivity index (χ2v) is 7.54. The lowest BCUT2D eigenvalue weighted by Gasteiger charge is -2.34. The van der Waals surface area contributed by atoms with Gasteiger partial charge >= 0.3 is 0 Å². The molecule has 32 heavy (non-hydrogen) atoms. The fourth-order valence-corrected chi connectivity index (χ4v) is 3.65. The van der Waals surface area contributed by atoms with Crippen LogP contribution >= 0.6 is 0 Å². The average Bonchev–Trinajstić information content (AvgIpc) is 2.82. The summed E-state index contributed by atoms with van der Waals surface area (Å²) in [6.45, 7) is 5.54. The van der Waals surface area contributed by atoms with Gasteiger partial charge in [-0.3, -0.25) is 0 Å². The molecule has 0 atom stereocenters. The largest absolute Gasteiger partial charge is 0.497 e. The quantitative estimate of drug-likeness (QED) is 0.351. The highest BCUT2D eigenvalue weighted by Gasteiger charge is 2.21. The van der Waals surface area contributed by atoms with Gasteiger partial charge in [-0.05, 0) is 31.9 Å². The molecule has 0 saturated carbocycles. The molecule has 2 aromatic rings. The minimum Gasteiger partial charge on any atom is -0.497 e. The number of piperidine rings is 1. The Morgan fingerprint density at radius 3 is 2.41 bits per heavy atom. The van der Waals surface area contributed by atoms with E-state index in [0.29, 0.717) is 24.9 Å². The third kappa shape index (κ3) is 6.93. The van der Waals surface area contributed by atoms with Crippen LogP contribution in [0.2, 0.25) is 0 Å². The molecule has 2 N–H and O–H groups in total. The van der Waals surface area contributed by atoms with E-state index in [2.05, 4.69) is 20.5 Å². The summed E-state index contributed by atoms with van der Waals surface area (Å²) in [4.78, 5) is 6.94. The molecular weight excluding hydrogens is 411 g/mol. The van der Waals surface area contributed by atoms with Gasteiger partial charge < -0.3 is 29.7 Å². The van der Waals surface area contributed by atoms with Crippen molar-refractivity contribution in [1.29, 1.82) is 0 Å². The van der Waals surface area contributed by atoms with Crippen molar-refractivity contribution < 1.29 is 18.6 Å². The summed E-state index contributed by atoms with van der Waals surface area (Å²) in [7, 11) is 3.33. The molecule has 0 spiro atoms. The number of aliphatic imine (C=N–C) groups is 1. The summed E-state index contributed by atoms with van der Waals surface area (Å²) in [5.74, 6) is 2.57. The lowest BCUT2D eigenvalue weighted by atomic mass is 10.0. The van der Waals surface area contributed by atoms with Crippen LogP contribution in [-0.4, -0.2) is 59.0 Å². The van der Waals surface area contributed by atoms with E-state index in [1.165, 1.54) is 12.1 Å². The maximum absolute atomic E-state index is 13.2. The van der Waals surface area contributed by atoms with E-state index >= 15 is 0 Å². The Kier molecular flexibility index (Phi) is 8.83. The highest BCUT2D eigenvalue weighted by atomic mass is 19.1. The first-order valence-corrected chi connectivity index (χ1v) is 11.0. The van der Waals surface area contributed by atoms with Crippen LogP contribution in [0.3, 0.4) is 0 Å². The van der Waals surface area contributed by atoms with Crippen molar-refractivity contribution in [3.05, 3.63) is 48.3 Å². The molecule has 7 nitrogen and oxygen atoms in total. The molecule has 0 aromatic heterocycles. The third-order valence-corrected chi connectivity index (χ3v) is 5.31. The van der Waals surface area contributed by atoms with Gasteiger partial charge in [-0.2, -0.15) is 0 Å². The fourth-order valence-electron chi connectivity index (χ4n) is 3.65. The number of anilines is 1. The Hall–Kier alpha value is -3.16. The molecule has 0 amide bonds. The number of ether oxygens (including phenoxy) is 3. The molecule has 0 bridgehead atoms. The van der Waals surface area contributed by atoms with Crippen LogP contribution in [0.4, 0.5) is 10.1 Å². The van der Waals surface area contributed by atoms with E-state index < -0.39 is 0 Å². The van der Waals surface area contributed by atoms with E-state index in [1.807, 2.05) is 25.1 Å². The van der Waals surface area contributed by atoms with Crippen LogP contribution in [0.1, 0.15) is 19.8 Å². The Bertz CT molecular complexity index is 863. The number of guanidine groups is 1. The maximum atomic E-state index is 13.2. The first-order valence-electron chi connectivity index (χ1n) is 11.0. The number of halogens is 1. The first-order chi connectivity index (χ1) is 15.6. The zero-order chi connectivity index (χ0) is 22.8. The third-order valence-electron chi connectivity index (χ3n) is 5.31. The van der Waals surface area contributed by atoms with Gasteiger partial charge in [0, 0.05) is 55.6 Å². The van der Waals surface area contributed by atoms with Crippen LogP contribution in [0.25, 0.3) is 0 Å². The molecule has 1 fully saturated rings. The van der Waals surface area contributed by atoms with Crippen LogP contribution in [-0.2, 0) is 0 Å². The number of hydrogen-bond acceptors (Lipinski definition) is 5. The van der Waals surface area contributed by atoms with Gasteiger partial charge in [0.05, 0.1) is 20.8 Å². The molecule has 0 aliphatic carbocycles. The van der Waals surface area contributed by atoms with Gasteiger partial charge in [0.25, 0.3) is 0 Å². The molecule has 1 heterocycles. The number of rotatable bonds is 9. The van der Waals surface area contributed by atoms with Crippen LogP contribution < -0.4 is 29.7 Å². The highest BCUT2D eigenvalue weighted by molar-refractivity contribution is 5.80. The number of hydrogen-bond donors (Lipinski definition) is 2. The number of nitrogens with one attached hydrogen (secondary N) is 2. The normalized spacial score (nSPS) is 14.8. The van der Waals surface area contributed by atoms with Gasteiger partial charge in [0.15, 0.2) is 5.96 Å². The zero-order valence-electron chi connectivity index (χ0n) is 19.1. The molecule has 1 aliphatic rings. The minimum absolute atomic E-state index is 0.306. The second kappa shape index (κ2) is 12.0. The Labute approximate surface area is 189 Å². The lowest BCUT2D eigenvalue weighted by Crippen LogP contribution is -2.48. The van der Waals surface area contributed by atoms with Crippen LogP contribution in [0, 0.1) is 5.82 Å². The lowest BCUT2D eigenvalue weighted by molar-refractivity contribution is 0.326. The van der Waals surface area contributed by atoms with Crippen molar-refractivity contribution >= 4 is 11.6 Å². The topological polar surface area (TPSA) is 67.4 Å².